The van der Waals surface area contributed by atoms with Crippen molar-refractivity contribution in [2.24, 2.45) is 0 Å². The normalized spacial score (nSPS) is 11.7. The number of thioether (sulfide) groups is 1. The van der Waals surface area contributed by atoms with Gasteiger partial charge in [-0.2, -0.15) is 0 Å². The van der Waals surface area contributed by atoms with Crippen molar-refractivity contribution >= 4 is 86.8 Å². The van der Waals surface area contributed by atoms with Crippen molar-refractivity contribution in [3.63, 3.8) is 0 Å². The molecule has 0 saturated carbocycles. The van der Waals surface area contributed by atoms with E-state index in [1.165, 1.54) is 36.3 Å². The summed E-state index contributed by atoms with van der Waals surface area (Å²) in [4.78, 5) is 54.8. The molecule has 0 radical (unpaired) electrons. The third-order valence-corrected chi connectivity index (χ3v) is 11.3. The van der Waals surface area contributed by atoms with Gasteiger partial charge in [-0.3, -0.25) is 14.4 Å². The van der Waals surface area contributed by atoms with Gasteiger partial charge in [-0.1, -0.05) is 120 Å². The molecule has 1 atom stereocenters. The van der Waals surface area contributed by atoms with Crippen molar-refractivity contribution in [2.45, 2.75) is 17.1 Å². The SMILES string of the molecule is COC(=O)c1c(-c2ccc(C)cc2)csc1NC(=O)C(Sc1cccc(NC(=O)/C(=C\c2cccc(Cl)c2Cl)NC(=O)c2ccccc2)c1)c1ccccc1. The number of carbonyl (C=O) groups excluding carboxylic acids is 4. The molecule has 6 rings (SSSR count). The molecule has 0 aliphatic heterocycles. The molecule has 0 aliphatic rings. The third kappa shape index (κ3) is 9.72. The van der Waals surface area contributed by atoms with Gasteiger partial charge in [0, 0.05) is 27.1 Å². The van der Waals surface area contributed by atoms with Crippen LogP contribution in [0.5, 0.6) is 0 Å². The first-order valence-electron chi connectivity index (χ1n) is 16.8. The van der Waals surface area contributed by atoms with Crippen LogP contribution in [0.25, 0.3) is 17.2 Å². The summed E-state index contributed by atoms with van der Waals surface area (Å²) < 4.78 is 5.13. The van der Waals surface area contributed by atoms with Gasteiger partial charge in [0.25, 0.3) is 11.8 Å². The number of methoxy groups -OCH3 is 1. The molecule has 276 valence electrons. The molecular weight excluding hydrogens is 774 g/mol. The first-order chi connectivity index (χ1) is 26.6. The van der Waals surface area contributed by atoms with Crippen LogP contribution in [-0.4, -0.2) is 30.8 Å². The number of aryl methyl sites for hydroxylation is 1. The number of esters is 1. The van der Waals surface area contributed by atoms with Crippen molar-refractivity contribution in [3.8, 4) is 11.1 Å². The number of rotatable bonds is 12. The van der Waals surface area contributed by atoms with Crippen molar-refractivity contribution in [2.75, 3.05) is 17.7 Å². The molecule has 3 N–H and O–H groups in total. The highest BCUT2D eigenvalue weighted by atomic mass is 35.5. The maximum atomic E-state index is 14.2. The van der Waals surface area contributed by atoms with Crippen LogP contribution in [0.4, 0.5) is 10.7 Å². The number of thiophene rings is 1. The summed E-state index contributed by atoms with van der Waals surface area (Å²) >= 11 is 15.2. The summed E-state index contributed by atoms with van der Waals surface area (Å²) in [7, 11) is 1.31. The van der Waals surface area contributed by atoms with Crippen LogP contribution in [-0.2, 0) is 14.3 Å². The van der Waals surface area contributed by atoms with E-state index in [4.69, 9.17) is 27.9 Å². The standard InChI is InChI=1S/C43H33Cl2N3O5S2/c1-26-19-21-27(22-20-26)33-25-54-42(36(33)43(52)53-2)48-41(51)38(28-11-5-3-6-12-28)55-32-17-10-16-31(24-32)46-40(50)35(23-30-15-9-18-34(44)37(30)45)47-39(49)29-13-7-4-8-14-29/h3-25,38H,1-2H3,(H,46,50)(H,47,49)(H,48,51)/b35-23+. The summed E-state index contributed by atoms with van der Waals surface area (Å²) in [6, 6.07) is 37.5. The van der Waals surface area contributed by atoms with E-state index in [0.717, 1.165) is 16.7 Å². The van der Waals surface area contributed by atoms with E-state index in [1.54, 1.807) is 66.7 Å². The smallest absolute Gasteiger partial charge is 0.341 e. The molecule has 6 aromatic rings. The summed E-state index contributed by atoms with van der Waals surface area (Å²) in [5.74, 6) is -2.03. The quantitative estimate of drug-likeness (QED) is 0.0645. The minimum absolute atomic E-state index is 0.0695. The van der Waals surface area contributed by atoms with E-state index in [-0.39, 0.29) is 22.2 Å². The van der Waals surface area contributed by atoms with Crippen LogP contribution >= 0.6 is 46.3 Å². The molecule has 55 heavy (non-hydrogen) atoms. The molecule has 0 bridgehead atoms. The fourth-order valence-corrected chi connectivity index (χ4v) is 7.90. The Morgan fingerprint density at radius 3 is 2.20 bits per heavy atom. The Bertz CT molecular complexity index is 2380. The highest BCUT2D eigenvalue weighted by molar-refractivity contribution is 8.00. The van der Waals surface area contributed by atoms with Gasteiger partial charge in [-0.15, -0.1) is 23.1 Å². The summed E-state index contributed by atoms with van der Waals surface area (Å²) in [6.45, 7) is 1.98. The predicted molar refractivity (Wildman–Crippen MR) is 223 cm³/mol. The molecule has 0 aliphatic carbocycles. The summed E-state index contributed by atoms with van der Waals surface area (Å²) in [6.07, 6.45) is 1.45. The highest BCUT2D eigenvalue weighted by Crippen LogP contribution is 2.40. The molecule has 8 nitrogen and oxygen atoms in total. The van der Waals surface area contributed by atoms with Crippen molar-refractivity contribution < 1.29 is 23.9 Å². The van der Waals surface area contributed by atoms with Crippen LogP contribution in [0.3, 0.4) is 0 Å². The second kappa shape index (κ2) is 18.1. The van der Waals surface area contributed by atoms with Crippen LogP contribution in [0.1, 0.15) is 42.7 Å². The van der Waals surface area contributed by atoms with Crippen LogP contribution in [0.15, 0.2) is 143 Å². The van der Waals surface area contributed by atoms with E-state index in [1.807, 2.05) is 73.0 Å². The van der Waals surface area contributed by atoms with Gasteiger partial charge in [-0.05, 0) is 66.1 Å². The second-order valence-electron chi connectivity index (χ2n) is 12.1. The number of halogens is 2. The number of amides is 3. The Hall–Kier alpha value is -5.65. The van der Waals surface area contributed by atoms with E-state index in [0.29, 0.717) is 37.3 Å². The fourth-order valence-electron chi connectivity index (χ4n) is 5.49. The predicted octanol–water partition coefficient (Wildman–Crippen LogP) is 10.7. The molecule has 1 unspecified atom stereocenters. The third-order valence-electron chi connectivity index (χ3n) is 8.28. The maximum Gasteiger partial charge on any atom is 0.341 e. The number of ether oxygens (including phenoxy) is 1. The molecule has 0 saturated heterocycles. The van der Waals surface area contributed by atoms with Crippen LogP contribution in [0, 0.1) is 6.92 Å². The van der Waals surface area contributed by atoms with Crippen molar-refractivity contribution in [3.05, 3.63) is 176 Å². The zero-order valence-corrected chi connectivity index (χ0v) is 32.6. The molecule has 0 fully saturated rings. The molecule has 1 aromatic heterocycles. The Kier molecular flexibility index (Phi) is 12.9. The van der Waals surface area contributed by atoms with E-state index in [9.17, 15) is 19.2 Å². The average Bonchev–Trinajstić information content (AvgIpc) is 3.62. The lowest BCUT2D eigenvalue weighted by Gasteiger charge is -2.18. The Morgan fingerprint density at radius 2 is 1.49 bits per heavy atom. The van der Waals surface area contributed by atoms with E-state index >= 15 is 0 Å². The topological polar surface area (TPSA) is 114 Å². The van der Waals surface area contributed by atoms with Crippen molar-refractivity contribution in [1.82, 2.24) is 5.32 Å². The monoisotopic (exact) mass is 805 g/mol. The number of nitrogens with one attached hydrogen (secondary N) is 3. The number of hydrogen-bond acceptors (Lipinski definition) is 7. The zero-order chi connectivity index (χ0) is 38.9. The lowest BCUT2D eigenvalue weighted by atomic mass is 10.0. The molecule has 5 aromatic carbocycles. The van der Waals surface area contributed by atoms with Crippen LogP contribution < -0.4 is 16.0 Å². The number of benzene rings is 5. The second-order valence-corrected chi connectivity index (χ2v) is 15.0. The molecule has 3 amide bonds. The van der Waals surface area contributed by atoms with Gasteiger partial charge in [0.2, 0.25) is 5.91 Å². The lowest BCUT2D eigenvalue weighted by Crippen LogP contribution is -2.30. The molecule has 12 heteroatoms. The van der Waals surface area contributed by atoms with Crippen molar-refractivity contribution in [1.29, 1.82) is 0 Å². The largest absolute Gasteiger partial charge is 0.465 e. The minimum atomic E-state index is -0.756. The van der Waals surface area contributed by atoms with E-state index < -0.39 is 23.0 Å². The van der Waals surface area contributed by atoms with Gasteiger partial charge >= 0.3 is 5.97 Å². The zero-order valence-electron chi connectivity index (χ0n) is 29.5. The first-order valence-corrected chi connectivity index (χ1v) is 19.4. The van der Waals surface area contributed by atoms with E-state index in [2.05, 4.69) is 16.0 Å². The maximum absolute atomic E-state index is 14.2. The van der Waals surface area contributed by atoms with Gasteiger partial charge in [-0.25, -0.2) is 4.79 Å². The minimum Gasteiger partial charge on any atom is -0.465 e. The molecule has 0 spiro atoms. The number of carbonyl (C=O) groups is 4. The number of hydrogen-bond donors (Lipinski definition) is 3. The molecule has 1 heterocycles. The van der Waals surface area contributed by atoms with Gasteiger partial charge in [0.15, 0.2) is 0 Å². The Morgan fingerprint density at radius 1 is 0.800 bits per heavy atom. The Labute approximate surface area is 336 Å². The van der Waals surface area contributed by atoms with Crippen LogP contribution in [0.2, 0.25) is 10.0 Å². The van der Waals surface area contributed by atoms with Gasteiger partial charge in [0.05, 0.1) is 17.2 Å². The summed E-state index contributed by atoms with van der Waals surface area (Å²) in [5, 5.41) is 10.5. The lowest BCUT2D eigenvalue weighted by molar-refractivity contribution is -0.116. The van der Waals surface area contributed by atoms with Gasteiger partial charge in [0.1, 0.15) is 21.5 Å². The average molecular weight is 807 g/mol. The summed E-state index contributed by atoms with van der Waals surface area (Å²) in [5.41, 5.74) is 4.68. The first kappa shape index (κ1) is 39.1. The fraction of sp³-hybridized carbons (Fsp3) is 0.0698. The molecular formula is C43H33Cl2N3O5S2. The Balaban J connectivity index is 1.26. The highest BCUT2D eigenvalue weighted by Gasteiger charge is 2.27. The van der Waals surface area contributed by atoms with Gasteiger partial charge < -0.3 is 20.7 Å². The number of anilines is 2.